The smallest absolute Gasteiger partial charge is 0.144 e. The molecule has 1 aromatic heterocycles. The van der Waals surface area contributed by atoms with Crippen LogP contribution in [-0.2, 0) is 0 Å². The number of hydrogen-bond acceptors (Lipinski definition) is 4. The van der Waals surface area contributed by atoms with Gasteiger partial charge in [0.2, 0.25) is 0 Å². The van der Waals surface area contributed by atoms with Crippen molar-refractivity contribution in [2.75, 3.05) is 11.9 Å². The van der Waals surface area contributed by atoms with Crippen molar-refractivity contribution in [3.05, 3.63) is 18.1 Å². The Morgan fingerprint density at radius 2 is 2.25 bits per heavy atom. The Hall–Kier alpha value is -1.16. The molecule has 0 aliphatic carbocycles. The molecule has 2 N–H and O–H groups in total. The first-order valence-electron chi connectivity index (χ1n) is 3.89. The van der Waals surface area contributed by atoms with Gasteiger partial charge >= 0.3 is 0 Å². The molecule has 1 heterocycles. The van der Waals surface area contributed by atoms with Gasteiger partial charge in [0, 0.05) is 6.54 Å². The summed E-state index contributed by atoms with van der Waals surface area (Å²) in [6.45, 7) is 4.10. The van der Waals surface area contributed by atoms with Crippen LogP contribution in [0.1, 0.15) is 12.6 Å². The molecular formula is C8H13N3O. The van der Waals surface area contributed by atoms with Gasteiger partial charge in [-0.2, -0.15) is 0 Å². The van der Waals surface area contributed by atoms with Gasteiger partial charge in [-0.25, -0.2) is 4.98 Å². The zero-order valence-corrected chi connectivity index (χ0v) is 7.28. The van der Waals surface area contributed by atoms with Crippen molar-refractivity contribution in [3.8, 4) is 0 Å². The lowest BCUT2D eigenvalue weighted by Crippen LogP contribution is -2.16. The molecule has 1 atom stereocenters. The van der Waals surface area contributed by atoms with Gasteiger partial charge in [-0.05, 0) is 13.8 Å². The Labute approximate surface area is 71.7 Å². The molecule has 0 aromatic carbocycles. The van der Waals surface area contributed by atoms with Gasteiger partial charge in [-0.15, -0.1) is 0 Å². The highest BCUT2D eigenvalue weighted by Gasteiger charge is 1.96. The fourth-order valence-electron chi connectivity index (χ4n) is 0.736. The Morgan fingerprint density at radius 1 is 1.50 bits per heavy atom. The summed E-state index contributed by atoms with van der Waals surface area (Å²) in [7, 11) is 0. The SMILES string of the molecule is Cc1cnc(NC[C@H](C)O)cn1. The highest BCUT2D eigenvalue weighted by Crippen LogP contribution is 1.99. The molecule has 0 spiro atoms. The van der Waals surface area contributed by atoms with Crippen molar-refractivity contribution in [2.24, 2.45) is 0 Å². The van der Waals surface area contributed by atoms with Crippen LogP contribution in [-0.4, -0.2) is 27.7 Å². The highest BCUT2D eigenvalue weighted by atomic mass is 16.3. The predicted octanol–water partition coefficient (Wildman–Crippen LogP) is 0.578. The number of aliphatic hydroxyl groups excluding tert-OH is 1. The van der Waals surface area contributed by atoms with Gasteiger partial charge in [0.15, 0.2) is 0 Å². The minimum absolute atomic E-state index is 0.367. The molecule has 0 radical (unpaired) electrons. The molecule has 4 heteroatoms. The Kier molecular flexibility index (Phi) is 2.99. The number of aryl methyl sites for hydroxylation is 1. The van der Waals surface area contributed by atoms with Gasteiger partial charge in [-0.1, -0.05) is 0 Å². The average Bonchev–Trinajstić information content (AvgIpc) is 2.03. The van der Waals surface area contributed by atoms with Crippen LogP contribution in [0.5, 0.6) is 0 Å². The summed E-state index contributed by atoms with van der Waals surface area (Å²) in [4.78, 5) is 8.12. The van der Waals surface area contributed by atoms with Crippen LogP contribution in [0.3, 0.4) is 0 Å². The maximum Gasteiger partial charge on any atom is 0.144 e. The van der Waals surface area contributed by atoms with Crippen molar-refractivity contribution in [1.82, 2.24) is 9.97 Å². The maximum absolute atomic E-state index is 8.96. The molecule has 0 aliphatic rings. The third-order valence-corrected chi connectivity index (χ3v) is 1.36. The summed E-state index contributed by atoms with van der Waals surface area (Å²) in [6.07, 6.45) is 2.97. The van der Waals surface area contributed by atoms with Crippen molar-refractivity contribution < 1.29 is 5.11 Å². The second kappa shape index (κ2) is 4.01. The van der Waals surface area contributed by atoms with Crippen molar-refractivity contribution in [1.29, 1.82) is 0 Å². The second-order valence-corrected chi connectivity index (χ2v) is 2.77. The lowest BCUT2D eigenvalue weighted by molar-refractivity contribution is 0.208. The lowest BCUT2D eigenvalue weighted by Gasteiger charge is -2.06. The van der Waals surface area contributed by atoms with Crippen molar-refractivity contribution in [2.45, 2.75) is 20.0 Å². The van der Waals surface area contributed by atoms with E-state index >= 15 is 0 Å². The molecule has 0 aliphatic heterocycles. The van der Waals surface area contributed by atoms with E-state index in [-0.39, 0.29) is 6.10 Å². The number of aromatic nitrogens is 2. The standard InChI is InChI=1S/C8H13N3O/c1-6-3-10-8(5-9-6)11-4-7(2)12/h3,5,7,12H,4H2,1-2H3,(H,10,11)/t7-/m0/s1. The third-order valence-electron chi connectivity index (χ3n) is 1.36. The van der Waals surface area contributed by atoms with E-state index in [1.165, 1.54) is 0 Å². The van der Waals surface area contributed by atoms with Crippen LogP contribution in [0.2, 0.25) is 0 Å². The number of anilines is 1. The zero-order valence-electron chi connectivity index (χ0n) is 7.28. The highest BCUT2D eigenvalue weighted by molar-refractivity contribution is 5.30. The first-order valence-corrected chi connectivity index (χ1v) is 3.89. The van der Waals surface area contributed by atoms with Gasteiger partial charge < -0.3 is 10.4 Å². The number of hydrogen-bond donors (Lipinski definition) is 2. The van der Waals surface area contributed by atoms with Crippen molar-refractivity contribution >= 4 is 5.82 Å². The molecule has 12 heavy (non-hydrogen) atoms. The molecule has 66 valence electrons. The monoisotopic (exact) mass is 167 g/mol. The minimum Gasteiger partial charge on any atom is -0.392 e. The normalized spacial score (nSPS) is 12.6. The van der Waals surface area contributed by atoms with E-state index in [9.17, 15) is 0 Å². The third kappa shape index (κ3) is 2.84. The quantitative estimate of drug-likeness (QED) is 0.691. The predicted molar refractivity (Wildman–Crippen MR) is 46.9 cm³/mol. The van der Waals surface area contributed by atoms with E-state index in [0.29, 0.717) is 12.4 Å². The van der Waals surface area contributed by atoms with Crippen LogP contribution >= 0.6 is 0 Å². The molecule has 4 nitrogen and oxygen atoms in total. The summed E-state index contributed by atoms with van der Waals surface area (Å²) < 4.78 is 0. The molecule has 0 amide bonds. The molecule has 0 unspecified atom stereocenters. The van der Waals surface area contributed by atoms with Crippen LogP contribution in [0.25, 0.3) is 0 Å². The summed E-state index contributed by atoms with van der Waals surface area (Å²) >= 11 is 0. The average molecular weight is 167 g/mol. The number of aliphatic hydroxyl groups is 1. The van der Waals surface area contributed by atoms with E-state index in [2.05, 4.69) is 15.3 Å². The first kappa shape index (κ1) is 8.93. The van der Waals surface area contributed by atoms with Gasteiger partial charge in [0.05, 0.1) is 24.2 Å². The molecule has 0 fully saturated rings. The number of rotatable bonds is 3. The van der Waals surface area contributed by atoms with E-state index < -0.39 is 0 Å². The molecular weight excluding hydrogens is 154 g/mol. The zero-order chi connectivity index (χ0) is 8.97. The van der Waals surface area contributed by atoms with Gasteiger partial charge in [0.25, 0.3) is 0 Å². The van der Waals surface area contributed by atoms with Gasteiger partial charge in [0.1, 0.15) is 5.82 Å². The van der Waals surface area contributed by atoms with Crippen LogP contribution < -0.4 is 5.32 Å². The largest absolute Gasteiger partial charge is 0.392 e. The van der Waals surface area contributed by atoms with E-state index in [1.807, 2.05) is 6.92 Å². The van der Waals surface area contributed by atoms with E-state index in [4.69, 9.17) is 5.11 Å². The van der Waals surface area contributed by atoms with Gasteiger partial charge in [-0.3, -0.25) is 4.98 Å². The number of nitrogens with zero attached hydrogens (tertiary/aromatic N) is 2. The molecule has 0 saturated carbocycles. The van der Waals surface area contributed by atoms with Crippen molar-refractivity contribution in [3.63, 3.8) is 0 Å². The molecule has 0 saturated heterocycles. The summed E-state index contributed by atoms with van der Waals surface area (Å²) in [5, 5.41) is 11.9. The van der Waals surface area contributed by atoms with E-state index in [0.717, 1.165) is 5.69 Å². The Balaban J connectivity index is 2.48. The maximum atomic E-state index is 8.96. The molecule has 0 bridgehead atoms. The first-order chi connectivity index (χ1) is 5.68. The fraction of sp³-hybridized carbons (Fsp3) is 0.500. The Bertz CT molecular complexity index is 233. The fourth-order valence-corrected chi connectivity index (χ4v) is 0.736. The van der Waals surface area contributed by atoms with Crippen LogP contribution in [0, 0.1) is 6.92 Å². The second-order valence-electron chi connectivity index (χ2n) is 2.77. The summed E-state index contributed by atoms with van der Waals surface area (Å²) in [5.74, 6) is 0.696. The number of nitrogens with one attached hydrogen (secondary N) is 1. The summed E-state index contributed by atoms with van der Waals surface area (Å²) in [6, 6.07) is 0. The molecule has 1 rings (SSSR count). The Morgan fingerprint density at radius 3 is 2.75 bits per heavy atom. The minimum atomic E-state index is -0.367. The molecule has 1 aromatic rings. The van der Waals surface area contributed by atoms with E-state index in [1.54, 1.807) is 19.3 Å². The van der Waals surface area contributed by atoms with Crippen LogP contribution in [0.4, 0.5) is 5.82 Å². The topological polar surface area (TPSA) is 58.0 Å². The lowest BCUT2D eigenvalue weighted by atomic mass is 10.4. The van der Waals surface area contributed by atoms with Crippen LogP contribution in [0.15, 0.2) is 12.4 Å². The summed E-state index contributed by atoms with van der Waals surface area (Å²) in [5.41, 5.74) is 0.887.